The van der Waals surface area contributed by atoms with E-state index in [1.165, 1.54) is 12.5 Å². The highest BCUT2D eigenvalue weighted by atomic mass is 16.5. The van der Waals surface area contributed by atoms with E-state index in [9.17, 15) is 9.59 Å². The van der Waals surface area contributed by atoms with Gasteiger partial charge in [-0.3, -0.25) is 9.59 Å². The third-order valence-electron chi connectivity index (χ3n) is 4.13. The normalized spacial score (nSPS) is 18.6. The standard InChI is InChI=1S/C17H26N2O4/c1-3-13(2)18-16(20)6-8-19(11-15-5-4-9-23-15)17(21)14-7-10-22-12-14/h7,10,12-13,15H,3-6,8-9,11H2,1-2H3,(H,18,20). The van der Waals surface area contributed by atoms with Gasteiger partial charge in [-0.2, -0.15) is 0 Å². The van der Waals surface area contributed by atoms with Crippen molar-refractivity contribution in [2.45, 2.75) is 51.7 Å². The van der Waals surface area contributed by atoms with Crippen molar-refractivity contribution < 1.29 is 18.7 Å². The van der Waals surface area contributed by atoms with Gasteiger partial charge in [0.25, 0.3) is 5.91 Å². The fraction of sp³-hybridized carbons (Fsp3) is 0.647. The SMILES string of the molecule is CCC(C)NC(=O)CCN(CC1CCCO1)C(=O)c1ccoc1. The largest absolute Gasteiger partial charge is 0.472 e. The molecule has 1 aromatic heterocycles. The minimum Gasteiger partial charge on any atom is -0.472 e. The van der Waals surface area contributed by atoms with Crippen LogP contribution in [0.5, 0.6) is 0 Å². The fourth-order valence-electron chi connectivity index (χ4n) is 2.56. The van der Waals surface area contributed by atoms with Crippen molar-refractivity contribution in [1.82, 2.24) is 10.2 Å². The summed E-state index contributed by atoms with van der Waals surface area (Å²) in [4.78, 5) is 26.2. The number of nitrogens with one attached hydrogen (secondary N) is 1. The first-order valence-corrected chi connectivity index (χ1v) is 8.32. The average molecular weight is 322 g/mol. The zero-order valence-electron chi connectivity index (χ0n) is 13.9. The Bertz CT molecular complexity index is 495. The second kappa shape index (κ2) is 8.72. The van der Waals surface area contributed by atoms with Crippen molar-refractivity contribution in [1.29, 1.82) is 0 Å². The van der Waals surface area contributed by atoms with E-state index in [2.05, 4.69) is 5.32 Å². The lowest BCUT2D eigenvalue weighted by molar-refractivity contribution is -0.121. The molecule has 1 saturated heterocycles. The van der Waals surface area contributed by atoms with E-state index in [1.54, 1.807) is 11.0 Å². The summed E-state index contributed by atoms with van der Waals surface area (Å²) in [7, 11) is 0. The number of carbonyl (C=O) groups excluding carboxylic acids is 2. The lowest BCUT2D eigenvalue weighted by Crippen LogP contribution is -2.40. The first-order chi connectivity index (χ1) is 11.1. The predicted molar refractivity (Wildman–Crippen MR) is 86.1 cm³/mol. The summed E-state index contributed by atoms with van der Waals surface area (Å²) in [6.45, 7) is 5.63. The highest BCUT2D eigenvalue weighted by molar-refractivity contribution is 5.94. The third-order valence-corrected chi connectivity index (χ3v) is 4.13. The van der Waals surface area contributed by atoms with Crippen molar-refractivity contribution in [2.75, 3.05) is 19.7 Å². The zero-order valence-corrected chi connectivity index (χ0v) is 13.9. The summed E-state index contributed by atoms with van der Waals surface area (Å²) in [5.74, 6) is -0.151. The van der Waals surface area contributed by atoms with Crippen LogP contribution in [0.15, 0.2) is 23.0 Å². The van der Waals surface area contributed by atoms with E-state index in [0.717, 1.165) is 25.9 Å². The lowest BCUT2D eigenvalue weighted by Gasteiger charge is -2.25. The molecule has 0 saturated carbocycles. The molecule has 2 heterocycles. The van der Waals surface area contributed by atoms with Gasteiger partial charge in [-0.1, -0.05) is 6.92 Å². The van der Waals surface area contributed by atoms with Gasteiger partial charge in [0.05, 0.1) is 17.9 Å². The Morgan fingerprint density at radius 1 is 1.48 bits per heavy atom. The van der Waals surface area contributed by atoms with Crippen molar-refractivity contribution in [2.24, 2.45) is 0 Å². The molecule has 2 amide bonds. The van der Waals surface area contributed by atoms with Crippen LogP contribution in [0.3, 0.4) is 0 Å². The van der Waals surface area contributed by atoms with E-state index in [1.807, 2.05) is 13.8 Å². The fourth-order valence-corrected chi connectivity index (χ4v) is 2.56. The molecule has 1 N–H and O–H groups in total. The molecule has 1 aromatic rings. The Kier molecular flexibility index (Phi) is 6.65. The smallest absolute Gasteiger partial charge is 0.257 e. The maximum atomic E-state index is 12.6. The number of hydrogen-bond acceptors (Lipinski definition) is 4. The molecular formula is C17H26N2O4. The van der Waals surface area contributed by atoms with E-state index in [0.29, 0.717) is 25.1 Å². The van der Waals surface area contributed by atoms with Gasteiger partial charge in [0.2, 0.25) is 5.91 Å². The topological polar surface area (TPSA) is 71.8 Å². The number of furan rings is 1. The van der Waals surface area contributed by atoms with Crippen LogP contribution < -0.4 is 5.32 Å². The molecule has 0 bridgehead atoms. The van der Waals surface area contributed by atoms with Crippen molar-refractivity contribution in [3.63, 3.8) is 0 Å². The molecule has 1 fully saturated rings. The minimum atomic E-state index is -0.120. The average Bonchev–Trinajstić information content (AvgIpc) is 3.23. The van der Waals surface area contributed by atoms with Crippen LogP contribution in [-0.4, -0.2) is 48.6 Å². The van der Waals surface area contributed by atoms with Crippen LogP contribution in [0.2, 0.25) is 0 Å². The maximum absolute atomic E-state index is 12.6. The van der Waals surface area contributed by atoms with Gasteiger partial charge in [0.1, 0.15) is 6.26 Å². The molecule has 0 aliphatic carbocycles. The van der Waals surface area contributed by atoms with Gasteiger partial charge in [-0.25, -0.2) is 0 Å². The molecule has 0 radical (unpaired) electrons. The quantitative estimate of drug-likeness (QED) is 0.796. The Labute approximate surface area is 137 Å². The Morgan fingerprint density at radius 2 is 2.30 bits per heavy atom. The molecule has 128 valence electrons. The van der Waals surface area contributed by atoms with Crippen molar-refractivity contribution >= 4 is 11.8 Å². The van der Waals surface area contributed by atoms with Crippen LogP contribution in [0.25, 0.3) is 0 Å². The van der Waals surface area contributed by atoms with Crippen LogP contribution >= 0.6 is 0 Å². The molecule has 6 heteroatoms. The zero-order chi connectivity index (χ0) is 16.7. The van der Waals surface area contributed by atoms with Gasteiger partial charge < -0.3 is 19.4 Å². The summed E-state index contributed by atoms with van der Waals surface area (Å²) >= 11 is 0. The Balaban J connectivity index is 1.92. The summed E-state index contributed by atoms with van der Waals surface area (Å²) in [6, 6.07) is 1.79. The van der Waals surface area contributed by atoms with E-state index >= 15 is 0 Å². The summed E-state index contributed by atoms with van der Waals surface area (Å²) < 4.78 is 10.6. The van der Waals surface area contributed by atoms with Crippen LogP contribution in [-0.2, 0) is 9.53 Å². The number of rotatable bonds is 8. The minimum absolute atomic E-state index is 0.0308. The molecule has 1 aliphatic rings. The van der Waals surface area contributed by atoms with Gasteiger partial charge in [0, 0.05) is 32.2 Å². The highest BCUT2D eigenvalue weighted by Gasteiger charge is 2.24. The highest BCUT2D eigenvalue weighted by Crippen LogP contribution is 2.15. The summed E-state index contributed by atoms with van der Waals surface area (Å²) in [5, 5.41) is 2.93. The van der Waals surface area contributed by atoms with Crippen LogP contribution in [0.4, 0.5) is 0 Å². The first kappa shape index (κ1) is 17.5. The van der Waals surface area contributed by atoms with E-state index in [4.69, 9.17) is 9.15 Å². The first-order valence-electron chi connectivity index (χ1n) is 8.32. The lowest BCUT2D eigenvalue weighted by atomic mass is 10.2. The molecule has 1 aliphatic heterocycles. The second-order valence-electron chi connectivity index (χ2n) is 6.03. The van der Waals surface area contributed by atoms with Crippen molar-refractivity contribution in [3.05, 3.63) is 24.2 Å². The van der Waals surface area contributed by atoms with Crippen LogP contribution in [0.1, 0.15) is 49.9 Å². The number of amides is 2. The molecule has 6 nitrogen and oxygen atoms in total. The summed E-state index contributed by atoms with van der Waals surface area (Å²) in [5.41, 5.74) is 0.505. The molecule has 2 unspecified atom stereocenters. The van der Waals surface area contributed by atoms with Gasteiger partial charge >= 0.3 is 0 Å². The maximum Gasteiger partial charge on any atom is 0.257 e. The molecule has 2 rings (SSSR count). The Hall–Kier alpha value is -1.82. The summed E-state index contributed by atoms with van der Waals surface area (Å²) in [6.07, 6.45) is 6.13. The third kappa shape index (κ3) is 5.39. The molecule has 0 spiro atoms. The molecule has 23 heavy (non-hydrogen) atoms. The predicted octanol–water partition coefficient (Wildman–Crippen LogP) is 2.21. The van der Waals surface area contributed by atoms with E-state index < -0.39 is 0 Å². The van der Waals surface area contributed by atoms with Crippen LogP contribution in [0, 0.1) is 0 Å². The molecular weight excluding hydrogens is 296 g/mol. The van der Waals surface area contributed by atoms with E-state index in [-0.39, 0.29) is 24.0 Å². The Morgan fingerprint density at radius 3 is 2.91 bits per heavy atom. The number of hydrogen-bond donors (Lipinski definition) is 1. The number of ether oxygens (including phenoxy) is 1. The van der Waals surface area contributed by atoms with Crippen molar-refractivity contribution in [3.8, 4) is 0 Å². The molecule has 2 atom stereocenters. The van der Waals surface area contributed by atoms with Gasteiger partial charge in [-0.15, -0.1) is 0 Å². The number of carbonyl (C=O) groups is 2. The van der Waals surface area contributed by atoms with Gasteiger partial charge in [-0.05, 0) is 32.3 Å². The second-order valence-corrected chi connectivity index (χ2v) is 6.03. The monoisotopic (exact) mass is 322 g/mol. The molecule has 0 aromatic carbocycles. The van der Waals surface area contributed by atoms with Gasteiger partial charge in [0.15, 0.2) is 0 Å². The number of nitrogens with zero attached hydrogens (tertiary/aromatic N) is 1.